The SMILES string of the molecule is CC(NC(=O)c1ccoc1)C(=O)Nc1ccc(N2CCOCC2)nc1. The maximum absolute atomic E-state index is 12.2. The van der Waals surface area contributed by atoms with Crippen molar-refractivity contribution in [2.24, 2.45) is 0 Å². The highest BCUT2D eigenvalue weighted by Gasteiger charge is 2.18. The van der Waals surface area contributed by atoms with Crippen LogP contribution in [0.1, 0.15) is 17.3 Å². The minimum Gasteiger partial charge on any atom is -0.472 e. The Morgan fingerprint density at radius 1 is 1.24 bits per heavy atom. The van der Waals surface area contributed by atoms with Crippen molar-refractivity contribution in [3.8, 4) is 0 Å². The Hall–Kier alpha value is -2.87. The number of pyridine rings is 1. The maximum Gasteiger partial charge on any atom is 0.255 e. The fraction of sp³-hybridized carbons (Fsp3) is 0.353. The average molecular weight is 344 g/mol. The third-order valence-corrected chi connectivity index (χ3v) is 3.87. The quantitative estimate of drug-likeness (QED) is 0.848. The third kappa shape index (κ3) is 4.36. The summed E-state index contributed by atoms with van der Waals surface area (Å²) >= 11 is 0. The zero-order chi connectivity index (χ0) is 17.6. The van der Waals surface area contributed by atoms with E-state index < -0.39 is 6.04 Å². The molecule has 1 aliphatic heterocycles. The van der Waals surface area contributed by atoms with Crippen molar-refractivity contribution >= 4 is 23.3 Å². The van der Waals surface area contributed by atoms with E-state index in [1.165, 1.54) is 18.6 Å². The Bertz CT molecular complexity index is 709. The smallest absolute Gasteiger partial charge is 0.255 e. The number of amides is 2. The summed E-state index contributed by atoms with van der Waals surface area (Å²) in [4.78, 5) is 30.6. The van der Waals surface area contributed by atoms with E-state index in [1.807, 2.05) is 6.07 Å². The van der Waals surface area contributed by atoms with Crippen LogP contribution in [0.25, 0.3) is 0 Å². The number of anilines is 2. The van der Waals surface area contributed by atoms with Crippen LogP contribution in [0.5, 0.6) is 0 Å². The lowest BCUT2D eigenvalue weighted by Gasteiger charge is -2.27. The van der Waals surface area contributed by atoms with Crippen molar-refractivity contribution in [1.82, 2.24) is 10.3 Å². The van der Waals surface area contributed by atoms with Gasteiger partial charge in [0.05, 0.1) is 36.9 Å². The summed E-state index contributed by atoms with van der Waals surface area (Å²) in [5.41, 5.74) is 0.947. The number of hydrogen-bond donors (Lipinski definition) is 2. The molecule has 0 saturated carbocycles. The maximum atomic E-state index is 12.2. The van der Waals surface area contributed by atoms with Crippen molar-refractivity contribution in [2.45, 2.75) is 13.0 Å². The van der Waals surface area contributed by atoms with E-state index in [9.17, 15) is 9.59 Å². The van der Waals surface area contributed by atoms with Gasteiger partial charge in [-0.25, -0.2) is 4.98 Å². The first-order valence-corrected chi connectivity index (χ1v) is 8.06. The van der Waals surface area contributed by atoms with Crippen LogP contribution < -0.4 is 15.5 Å². The molecule has 1 aliphatic rings. The Morgan fingerprint density at radius 2 is 2.04 bits per heavy atom. The van der Waals surface area contributed by atoms with E-state index in [0.717, 1.165) is 18.9 Å². The number of morpholine rings is 1. The number of hydrogen-bond acceptors (Lipinski definition) is 6. The molecular weight excluding hydrogens is 324 g/mol. The third-order valence-electron chi connectivity index (χ3n) is 3.87. The van der Waals surface area contributed by atoms with Gasteiger partial charge in [-0.05, 0) is 25.1 Å². The largest absolute Gasteiger partial charge is 0.472 e. The highest BCUT2D eigenvalue weighted by Crippen LogP contribution is 2.15. The molecule has 2 aromatic heterocycles. The van der Waals surface area contributed by atoms with E-state index in [2.05, 4.69) is 20.5 Å². The van der Waals surface area contributed by atoms with E-state index in [-0.39, 0.29) is 11.8 Å². The summed E-state index contributed by atoms with van der Waals surface area (Å²) in [6, 6.07) is 4.49. The van der Waals surface area contributed by atoms with Crippen LogP contribution in [0, 0.1) is 0 Å². The molecule has 25 heavy (non-hydrogen) atoms. The van der Waals surface area contributed by atoms with Gasteiger partial charge >= 0.3 is 0 Å². The number of carbonyl (C=O) groups is 2. The number of nitrogens with zero attached hydrogens (tertiary/aromatic N) is 2. The van der Waals surface area contributed by atoms with Gasteiger partial charge in [0.25, 0.3) is 5.91 Å². The van der Waals surface area contributed by atoms with Crippen molar-refractivity contribution in [3.05, 3.63) is 42.5 Å². The van der Waals surface area contributed by atoms with Gasteiger partial charge in [-0.3, -0.25) is 9.59 Å². The fourth-order valence-electron chi connectivity index (χ4n) is 2.43. The molecular formula is C17H20N4O4. The van der Waals surface area contributed by atoms with Crippen LogP contribution in [0.4, 0.5) is 11.5 Å². The normalized spacial score (nSPS) is 15.5. The predicted molar refractivity (Wildman–Crippen MR) is 91.5 cm³/mol. The summed E-state index contributed by atoms with van der Waals surface area (Å²) in [6.07, 6.45) is 4.34. The number of rotatable bonds is 5. The van der Waals surface area contributed by atoms with Gasteiger partial charge in [-0.2, -0.15) is 0 Å². The number of ether oxygens (including phenoxy) is 1. The summed E-state index contributed by atoms with van der Waals surface area (Å²) in [7, 11) is 0. The molecule has 3 heterocycles. The molecule has 1 saturated heterocycles. The number of furan rings is 1. The van der Waals surface area contributed by atoms with Crippen LogP contribution in [0.2, 0.25) is 0 Å². The highest BCUT2D eigenvalue weighted by atomic mass is 16.5. The summed E-state index contributed by atoms with van der Waals surface area (Å²) in [6.45, 7) is 4.59. The first kappa shape index (κ1) is 17.0. The molecule has 0 spiro atoms. The van der Waals surface area contributed by atoms with Gasteiger partial charge in [0.15, 0.2) is 0 Å². The second kappa shape index (κ2) is 7.80. The molecule has 8 heteroatoms. The molecule has 3 rings (SSSR count). The molecule has 8 nitrogen and oxygen atoms in total. The monoisotopic (exact) mass is 344 g/mol. The second-order valence-corrected chi connectivity index (χ2v) is 5.70. The molecule has 0 aliphatic carbocycles. The molecule has 0 bridgehead atoms. The minimum absolute atomic E-state index is 0.322. The molecule has 1 atom stereocenters. The average Bonchev–Trinajstić information content (AvgIpc) is 3.18. The van der Waals surface area contributed by atoms with Crippen LogP contribution in [-0.2, 0) is 9.53 Å². The Labute approximate surface area is 145 Å². The van der Waals surface area contributed by atoms with Crippen LogP contribution >= 0.6 is 0 Å². The molecule has 1 fully saturated rings. The lowest BCUT2D eigenvalue weighted by atomic mass is 10.2. The Balaban J connectivity index is 1.54. The zero-order valence-electron chi connectivity index (χ0n) is 13.9. The summed E-state index contributed by atoms with van der Waals surface area (Å²) < 4.78 is 10.2. The molecule has 0 aromatic carbocycles. The Morgan fingerprint density at radius 3 is 2.68 bits per heavy atom. The van der Waals surface area contributed by atoms with Crippen molar-refractivity contribution in [2.75, 3.05) is 36.5 Å². The van der Waals surface area contributed by atoms with Gasteiger partial charge < -0.3 is 24.7 Å². The van der Waals surface area contributed by atoms with Crippen LogP contribution in [0.15, 0.2) is 41.3 Å². The lowest BCUT2D eigenvalue weighted by molar-refractivity contribution is -0.117. The van der Waals surface area contributed by atoms with Crippen LogP contribution in [0.3, 0.4) is 0 Å². The molecule has 2 amide bonds. The fourth-order valence-corrected chi connectivity index (χ4v) is 2.43. The molecule has 132 valence electrons. The molecule has 0 radical (unpaired) electrons. The molecule has 2 N–H and O–H groups in total. The van der Waals surface area contributed by atoms with Gasteiger partial charge in [0.2, 0.25) is 5.91 Å². The topological polar surface area (TPSA) is 96.7 Å². The molecule has 2 aromatic rings. The van der Waals surface area contributed by atoms with Crippen molar-refractivity contribution in [3.63, 3.8) is 0 Å². The van der Waals surface area contributed by atoms with E-state index in [1.54, 1.807) is 19.2 Å². The predicted octanol–water partition coefficient (Wildman–Crippen LogP) is 1.27. The van der Waals surface area contributed by atoms with Crippen LogP contribution in [-0.4, -0.2) is 49.1 Å². The standard InChI is InChI=1S/C17H20N4O4/c1-12(19-17(23)13-4-7-25-11-13)16(22)20-14-2-3-15(18-10-14)21-5-8-24-9-6-21/h2-4,7,10-12H,5-6,8-9H2,1H3,(H,19,23)(H,20,22). The highest BCUT2D eigenvalue weighted by molar-refractivity contribution is 6.00. The van der Waals surface area contributed by atoms with E-state index in [4.69, 9.17) is 9.15 Å². The number of aromatic nitrogens is 1. The first-order valence-electron chi connectivity index (χ1n) is 8.06. The van der Waals surface area contributed by atoms with E-state index >= 15 is 0 Å². The summed E-state index contributed by atoms with van der Waals surface area (Å²) in [5, 5.41) is 5.35. The van der Waals surface area contributed by atoms with Gasteiger partial charge in [-0.15, -0.1) is 0 Å². The second-order valence-electron chi connectivity index (χ2n) is 5.70. The van der Waals surface area contributed by atoms with Gasteiger partial charge in [0.1, 0.15) is 18.1 Å². The first-order chi connectivity index (χ1) is 12.1. The number of nitrogens with one attached hydrogen (secondary N) is 2. The van der Waals surface area contributed by atoms with Crippen molar-refractivity contribution in [1.29, 1.82) is 0 Å². The minimum atomic E-state index is -0.693. The molecule has 1 unspecified atom stereocenters. The Kier molecular flexibility index (Phi) is 5.30. The number of carbonyl (C=O) groups excluding carboxylic acids is 2. The van der Waals surface area contributed by atoms with E-state index in [0.29, 0.717) is 24.5 Å². The van der Waals surface area contributed by atoms with Gasteiger partial charge in [0, 0.05) is 13.1 Å². The zero-order valence-corrected chi connectivity index (χ0v) is 13.9. The van der Waals surface area contributed by atoms with Crippen molar-refractivity contribution < 1.29 is 18.7 Å². The van der Waals surface area contributed by atoms with Gasteiger partial charge in [-0.1, -0.05) is 0 Å². The lowest BCUT2D eigenvalue weighted by Crippen LogP contribution is -2.41. The summed E-state index contributed by atoms with van der Waals surface area (Å²) in [5.74, 6) is 0.164.